The van der Waals surface area contributed by atoms with Crippen molar-refractivity contribution in [2.45, 2.75) is 45.1 Å². The fourth-order valence-corrected chi connectivity index (χ4v) is 2.58. The van der Waals surface area contributed by atoms with Crippen molar-refractivity contribution in [3.63, 3.8) is 0 Å². The van der Waals surface area contributed by atoms with E-state index in [2.05, 4.69) is 13.0 Å². The van der Waals surface area contributed by atoms with Crippen LogP contribution in [0, 0.1) is 17.2 Å². The first kappa shape index (κ1) is 12.0. The summed E-state index contributed by atoms with van der Waals surface area (Å²) in [4.78, 5) is 0. The smallest absolute Gasteiger partial charge is 0.119 e. The van der Waals surface area contributed by atoms with E-state index in [9.17, 15) is 0 Å². The summed E-state index contributed by atoms with van der Waals surface area (Å²) in [5.74, 6) is 1.59. The maximum atomic E-state index is 8.74. The lowest BCUT2D eigenvalue weighted by molar-refractivity contribution is 0.0904. The molecule has 0 radical (unpaired) electrons. The maximum Gasteiger partial charge on any atom is 0.119 e. The van der Waals surface area contributed by atoms with Crippen molar-refractivity contribution < 1.29 is 4.74 Å². The second kappa shape index (κ2) is 5.72. The van der Waals surface area contributed by atoms with Crippen molar-refractivity contribution in [2.75, 3.05) is 0 Å². The summed E-state index contributed by atoms with van der Waals surface area (Å²) in [5.41, 5.74) is 0.688. The van der Waals surface area contributed by atoms with E-state index >= 15 is 0 Å². The average Bonchev–Trinajstić information content (AvgIpc) is 2.40. The first-order valence-corrected chi connectivity index (χ1v) is 6.50. The molecule has 1 fully saturated rings. The second-order valence-electron chi connectivity index (χ2n) is 4.75. The molecule has 0 saturated heterocycles. The van der Waals surface area contributed by atoms with E-state index in [0.717, 1.165) is 5.75 Å². The molecule has 1 aromatic rings. The Balaban J connectivity index is 2.01. The van der Waals surface area contributed by atoms with Gasteiger partial charge in [0.2, 0.25) is 0 Å². The SMILES string of the molecule is CCC1CCCCC1Oc1ccc(C#N)cc1. The zero-order valence-electron chi connectivity index (χ0n) is 10.4. The van der Waals surface area contributed by atoms with Crippen molar-refractivity contribution >= 4 is 0 Å². The Morgan fingerprint density at radius 1 is 1.24 bits per heavy atom. The van der Waals surface area contributed by atoms with Gasteiger partial charge in [-0.05, 0) is 55.9 Å². The highest BCUT2D eigenvalue weighted by Crippen LogP contribution is 2.30. The fourth-order valence-electron chi connectivity index (χ4n) is 2.58. The summed E-state index contributed by atoms with van der Waals surface area (Å²) in [6.45, 7) is 2.24. The molecule has 90 valence electrons. The van der Waals surface area contributed by atoms with Gasteiger partial charge in [0.1, 0.15) is 11.9 Å². The molecule has 2 unspecified atom stereocenters. The van der Waals surface area contributed by atoms with Gasteiger partial charge in [0.25, 0.3) is 0 Å². The molecule has 0 N–H and O–H groups in total. The minimum atomic E-state index is 0.363. The minimum Gasteiger partial charge on any atom is -0.490 e. The summed E-state index contributed by atoms with van der Waals surface area (Å²) in [7, 11) is 0. The normalized spacial score (nSPS) is 24.0. The lowest BCUT2D eigenvalue weighted by Crippen LogP contribution is -2.29. The van der Waals surface area contributed by atoms with Gasteiger partial charge in [-0.3, -0.25) is 0 Å². The summed E-state index contributed by atoms with van der Waals surface area (Å²) >= 11 is 0. The van der Waals surface area contributed by atoms with Gasteiger partial charge in [0, 0.05) is 0 Å². The number of benzene rings is 1. The highest BCUT2D eigenvalue weighted by molar-refractivity contribution is 5.34. The predicted molar refractivity (Wildman–Crippen MR) is 67.8 cm³/mol. The topological polar surface area (TPSA) is 33.0 Å². The van der Waals surface area contributed by atoms with Crippen molar-refractivity contribution in [2.24, 2.45) is 5.92 Å². The van der Waals surface area contributed by atoms with Gasteiger partial charge in [-0.15, -0.1) is 0 Å². The zero-order valence-corrected chi connectivity index (χ0v) is 10.4. The standard InChI is InChI=1S/C15H19NO/c1-2-13-5-3-4-6-15(13)17-14-9-7-12(11-16)8-10-14/h7-10,13,15H,2-6H2,1H3. The number of ether oxygens (including phenoxy) is 1. The minimum absolute atomic E-state index is 0.363. The molecule has 1 aromatic carbocycles. The van der Waals surface area contributed by atoms with Crippen LogP contribution in [0.3, 0.4) is 0 Å². The fraction of sp³-hybridized carbons (Fsp3) is 0.533. The van der Waals surface area contributed by atoms with Crippen LogP contribution >= 0.6 is 0 Å². The molecule has 2 nitrogen and oxygen atoms in total. The van der Waals surface area contributed by atoms with Gasteiger partial charge in [0.05, 0.1) is 11.6 Å². The molecule has 1 saturated carbocycles. The zero-order chi connectivity index (χ0) is 12.1. The van der Waals surface area contributed by atoms with Crippen LogP contribution in [-0.4, -0.2) is 6.10 Å². The van der Waals surface area contributed by atoms with E-state index in [1.807, 2.05) is 24.3 Å². The third-order valence-corrected chi connectivity index (χ3v) is 3.63. The number of hydrogen-bond donors (Lipinski definition) is 0. The number of rotatable bonds is 3. The van der Waals surface area contributed by atoms with E-state index in [-0.39, 0.29) is 0 Å². The largest absolute Gasteiger partial charge is 0.490 e. The van der Waals surface area contributed by atoms with Gasteiger partial charge in [0.15, 0.2) is 0 Å². The molecule has 2 rings (SSSR count). The number of hydrogen-bond acceptors (Lipinski definition) is 2. The summed E-state index contributed by atoms with van der Waals surface area (Å²) in [6, 6.07) is 9.56. The summed E-state index contributed by atoms with van der Waals surface area (Å²) in [5, 5.41) is 8.74. The Morgan fingerprint density at radius 2 is 1.94 bits per heavy atom. The van der Waals surface area contributed by atoms with Crippen molar-refractivity contribution in [1.82, 2.24) is 0 Å². The van der Waals surface area contributed by atoms with E-state index in [0.29, 0.717) is 17.6 Å². The molecule has 2 atom stereocenters. The summed E-state index contributed by atoms with van der Waals surface area (Å²) < 4.78 is 6.05. The molecule has 17 heavy (non-hydrogen) atoms. The molecule has 0 amide bonds. The van der Waals surface area contributed by atoms with Gasteiger partial charge < -0.3 is 4.74 Å². The van der Waals surface area contributed by atoms with Crippen LogP contribution < -0.4 is 4.74 Å². The van der Waals surface area contributed by atoms with Gasteiger partial charge in [-0.25, -0.2) is 0 Å². The number of nitriles is 1. The van der Waals surface area contributed by atoms with E-state index in [4.69, 9.17) is 10.00 Å². The van der Waals surface area contributed by atoms with Crippen molar-refractivity contribution in [3.8, 4) is 11.8 Å². The predicted octanol–water partition coefficient (Wildman–Crippen LogP) is 3.91. The highest BCUT2D eigenvalue weighted by atomic mass is 16.5. The van der Waals surface area contributed by atoms with Crippen LogP contribution in [0.1, 0.15) is 44.6 Å². The molecular weight excluding hydrogens is 210 g/mol. The third kappa shape index (κ3) is 3.00. The van der Waals surface area contributed by atoms with E-state index < -0.39 is 0 Å². The van der Waals surface area contributed by atoms with Crippen LogP contribution in [0.2, 0.25) is 0 Å². The molecule has 0 spiro atoms. The molecular formula is C15H19NO. The lowest BCUT2D eigenvalue weighted by Gasteiger charge is -2.31. The van der Waals surface area contributed by atoms with E-state index in [1.54, 1.807) is 0 Å². The van der Waals surface area contributed by atoms with Crippen molar-refractivity contribution in [3.05, 3.63) is 29.8 Å². The van der Waals surface area contributed by atoms with Gasteiger partial charge in [-0.2, -0.15) is 5.26 Å². The first-order valence-electron chi connectivity index (χ1n) is 6.50. The van der Waals surface area contributed by atoms with Crippen LogP contribution in [0.4, 0.5) is 0 Å². The average molecular weight is 229 g/mol. The molecule has 1 aliphatic carbocycles. The maximum absolute atomic E-state index is 8.74. The highest BCUT2D eigenvalue weighted by Gasteiger charge is 2.25. The second-order valence-corrected chi connectivity index (χ2v) is 4.75. The first-order chi connectivity index (χ1) is 8.33. The van der Waals surface area contributed by atoms with Crippen molar-refractivity contribution in [1.29, 1.82) is 5.26 Å². The van der Waals surface area contributed by atoms with Crippen LogP contribution in [0.25, 0.3) is 0 Å². The molecule has 0 aromatic heterocycles. The molecule has 2 heteroatoms. The Bertz CT molecular complexity index is 390. The molecule has 1 aliphatic rings. The van der Waals surface area contributed by atoms with Crippen LogP contribution in [-0.2, 0) is 0 Å². The van der Waals surface area contributed by atoms with Crippen LogP contribution in [0.15, 0.2) is 24.3 Å². The quantitative estimate of drug-likeness (QED) is 0.787. The van der Waals surface area contributed by atoms with E-state index in [1.165, 1.54) is 32.1 Å². The molecule has 0 bridgehead atoms. The Hall–Kier alpha value is -1.49. The Kier molecular flexibility index (Phi) is 4.03. The van der Waals surface area contributed by atoms with Gasteiger partial charge >= 0.3 is 0 Å². The summed E-state index contributed by atoms with van der Waals surface area (Å²) in [6.07, 6.45) is 6.63. The monoisotopic (exact) mass is 229 g/mol. The van der Waals surface area contributed by atoms with Gasteiger partial charge in [-0.1, -0.05) is 13.3 Å². The molecule has 0 heterocycles. The Labute approximate surface area is 103 Å². The number of nitrogens with zero attached hydrogens (tertiary/aromatic N) is 1. The third-order valence-electron chi connectivity index (χ3n) is 3.63. The molecule has 0 aliphatic heterocycles. The van der Waals surface area contributed by atoms with Crippen LogP contribution in [0.5, 0.6) is 5.75 Å². The Morgan fingerprint density at radius 3 is 2.59 bits per heavy atom. The lowest BCUT2D eigenvalue weighted by atomic mass is 9.85.